The van der Waals surface area contributed by atoms with Crippen molar-refractivity contribution in [2.45, 2.75) is 45.4 Å². The maximum atomic E-state index is 5.83. The van der Waals surface area contributed by atoms with Crippen LogP contribution in [0.1, 0.15) is 45.4 Å². The van der Waals surface area contributed by atoms with Crippen LogP contribution in [0.25, 0.3) is 0 Å². The molecule has 1 saturated carbocycles. The van der Waals surface area contributed by atoms with Gasteiger partial charge in [0.1, 0.15) is 0 Å². The van der Waals surface area contributed by atoms with E-state index in [1.54, 1.807) is 0 Å². The SMILES string of the molecule is CC1CCCC(CNc2nc(N)nc(N3CCCC3)n2)C1. The molecule has 0 aromatic carbocycles. The van der Waals surface area contributed by atoms with Crippen molar-refractivity contribution in [1.29, 1.82) is 0 Å². The second-order valence-corrected chi connectivity index (χ2v) is 6.53. The smallest absolute Gasteiger partial charge is 0.231 e. The Bertz CT molecular complexity index is 471. The molecule has 0 bridgehead atoms. The van der Waals surface area contributed by atoms with Gasteiger partial charge in [0.2, 0.25) is 17.8 Å². The van der Waals surface area contributed by atoms with E-state index < -0.39 is 0 Å². The summed E-state index contributed by atoms with van der Waals surface area (Å²) in [6.45, 7) is 5.32. The van der Waals surface area contributed by atoms with E-state index in [-0.39, 0.29) is 0 Å². The zero-order valence-electron chi connectivity index (χ0n) is 12.9. The lowest BCUT2D eigenvalue weighted by molar-refractivity contribution is 0.293. The largest absolute Gasteiger partial charge is 0.368 e. The topological polar surface area (TPSA) is 80.0 Å². The summed E-state index contributed by atoms with van der Waals surface area (Å²) < 4.78 is 0. The first kappa shape index (κ1) is 14.4. The molecule has 1 aliphatic heterocycles. The van der Waals surface area contributed by atoms with Gasteiger partial charge >= 0.3 is 0 Å². The molecule has 0 amide bonds. The van der Waals surface area contributed by atoms with Crippen LogP contribution in [0.5, 0.6) is 0 Å². The quantitative estimate of drug-likeness (QED) is 0.885. The normalized spacial score (nSPS) is 26.0. The molecule has 3 N–H and O–H groups in total. The van der Waals surface area contributed by atoms with Gasteiger partial charge in [0, 0.05) is 19.6 Å². The first-order valence-electron chi connectivity index (χ1n) is 8.21. The Hall–Kier alpha value is -1.59. The molecule has 0 spiro atoms. The van der Waals surface area contributed by atoms with E-state index in [0.717, 1.165) is 37.4 Å². The fourth-order valence-electron chi connectivity index (χ4n) is 3.50. The predicted molar refractivity (Wildman–Crippen MR) is 85.3 cm³/mol. The standard InChI is InChI=1S/C15H26N6/c1-11-5-4-6-12(9-11)10-17-14-18-13(16)19-15(20-14)21-7-2-3-8-21/h11-12H,2-10H2,1H3,(H3,16,17,18,19,20). The van der Waals surface area contributed by atoms with Crippen LogP contribution in [0.4, 0.5) is 17.8 Å². The van der Waals surface area contributed by atoms with E-state index in [1.807, 2.05) is 0 Å². The van der Waals surface area contributed by atoms with E-state index >= 15 is 0 Å². The molecule has 2 fully saturated rings. The van der Waals surface area contributed by atoms with Gasteiger partial charge in [-0.3, -0.25) is 0 Å². The molecule has 21 heavy (non-hydrogen) atoms. The number of nitrogens with two attached hydrogens (primary N) is 1. The summed E-state index contributed by atoms with van der Waals surface area (Å²) in [4.78, 5) is 15.2. The first-order valence-corrected chi connectivity index (χ1v) is 8.21. The Balaban J connectivity index is 1.62. The third-order valence-electron chi connectivity index (χ3n) is 4.62. The minimum absolute atomic E-state index is 0.311. The molecule has 2 aliphatic rings. The van der Waals surface area contributed by atoms with E-state index in [9.17, 15) is 0 Å². The lowest BCUT2D eigenvalue weighted by Gasteiger charge is -2.26. The van der Waals surface area contributed by atoms with Gasteiger partial charge in [-0.05, 0) is 37.5 Å². The maximum Gasteiger partial charge on any atom is 0.231 e. The molecule has 116 valence electrons. The Morgan fingerprint density at radius 1 is 1.14 bits per heavy atom. The Morgan fingerprint density at radius 2 is 1.95 bits per heavy atom. The van der Waals surface area contributed by atoms with E-state index in [1.165, 1.54) is 38.5 Å². The fraction of sp³-hybridized carbons (Fsp3) is 0.800. The summed E-state index contributed by atoms with van der Waals surface area (Å²) in [6.07, 6.45) is 7.71. The first-order chi connectivity index (χ1) is 10.2. The number of aromatic nitrogens is 3. The van der Waals surface area contributed by atoms with E-state index in [2.05, 4.69) is 32.1 Å². The minimum Gasteiger partial charge on any atom is -0.368 e. The van der Waals surface area contributed by atoms with Gasteiger partial charge in [-0.25, -0.2) is 0 Å². The van der Waals surface area contributed by atoms with Crippen LogP contribution in [0.15, 0.2) is 0 Å². The third-order valence-corrected chi connectivity index (χ3v) is 4.62. The summed E-state index contributed by atoms with van der Waals surface area (Å²) in [7, 11) is 0. The minimum atomic E-state index is 0.311. The summed E-state index contributed by atoms with van der Waals surface area (Å²) >= 11 is 0. The Labute approximate surface area is 126 Å². The van der Waals surface area contributed by atoms with Crippen molar-refractivity contribution >= 4 is 17.8 Å². The van der Waals surface area contributed by atoms with Crippen LogP contribution in [-0.4, -0.2) is 34.6 Å². The van der Waals surface area contributed by atoms with Gasteiger partial charge in [0.05, 0.1) is 0 Å². The van der Waals surface area contributed by atoms with Crippen LogP contribution in [0.3, 0.4) is 0 Å². The molecule has 1 aromatic heterocycles. The lowest BCUT2D eigenvalue weighted by atomic mass is 9.82. The lowest BCUT2D eigenvalue weighted by Crippen LogP contribution is -2.24. The van der Waals surface area contributed by atoms with Crippen molar-refractivity contribution in [2.75, 3.05) is 35.6 Å². The number of hydrogen-bond acceptors (Lipinski definition) is 6. The van der Waals surface area contributed by atoms with Crippen molar-refractivity contribution in [2.24, 2.45) is 11.8 Å². The van der Waals surface area contributed by atoms with Gasteiger partial charge in [-0.2, -0.15) is 15.0 Å². The molecule has 1 aliphatic carbocycles. The molecule has 1 saturated heterocycles. The second-order valence-electron chi connectivity index (χ2n) is 6.53. The zero-order chi connectivity index (χ0) is 14.7. The molecule has 2 atom stereocenters. The fourth-order valence-corrected chi connectivity index (χ4v) is 3.50. The highest BCUT2D eigenvalue weighted by Crippen LogP contribution is 2.28. The van der Waals surface area contributed by atoms with Crippen molar-refractivity contribution in [3.63, 3.8) is 0 Å². The number of nitrogens with zero attached hydrogens (tertiary/aromatic N) is 4. The zero-order valence-corrected chi connectivity index (χ0v) is 12.9. The highest BCUT2D eigenvalue weighted by Gasteiger charge is 2.20. The van der Waals surface area contributed by atoms with Crippen LogP contribution in [0.2, 0.25) is 0 Å². The molecule has 2 heterocycles. The third kappa shape index (κ3) is 3.74. The monoisotopic (exact) mass is 290 g/mol. The molecule has 2 unspecified atom stereocenters. The summed E-state index contributed by atoms with van der Waals surface area (Å²) in [5.41, 5.74) is 5.83. The van der Waals surface area contributed by atoms with Gasteiger partial charge in [0.15, 0.2) is 0 Å². The number of rotatable bonds is 4. The second kappa shape index (κ2) is 6.45. The molecular weight excluding hydrogens is 264 g/mol. The number of hydrogen-bond donors (Lipinski definition) is 2. The summed E-state index contributed by atoms with van der Waals surface area (Å²) in [5.74, 6) is 3.23. The van der Waals surface area contributed by atoms with Crippen LogP contribution in [0, 0.1) is 11.8 Å². The molecule has 3 rings (SSSR count). The van der Waals surface area contributed by atoms with Crippen LogP contribution < -0.4 is 16.0 Å². The molecular formula is C15H26N6. The van der Waals surface area contributed by atoms with Crippen molar-refractivity contribution in [3.05, 3.63) is 0 Å². The van der Waals surface area contributed by atoms with Crippen LogP contribution in [-0.2, 0) is 0 Å². The van der Waals surface area contributed by atoms with Gasteiger partial charge in [-0.15, -0.1) is 0 Å². The summed E-state index contributed by atoms with van der Waals surface area (Å²) in [6, 6.07) is 0. The van der Waals surface area contributed by atoms with Gasteiger partial charge in [0.25, 0.3) is 0 Å². The van der Waals surface area contributed by atoms with Gasteiger partial charge < -0.3 is 16.0 Å². The average Bonchev–Trinajstić information content (AvgIpc) is 2.99. The Morgan fingerprint density at radius 3 is 2.71 bits per heavy atom. The van der Waals surface area contributed by atoms with Crippen molar-refractivity contribution < 1.29 is 0 Å². The van der Waals surface area contributed by atoms with E-state index in [0.29, 0.717) is 11.9 Å². The van der Waals surface area contributed by atoms with Gasteiger partial charge in [-0.1, -0.05) is 19.8 Å². The summed E-state index contributed by atoms with van der Waals surface area (Å²) in [5, 5.41) is 3.37. The molecule has 0 radical (unpaired) electrons. The molecule has 6 nitrogen and oxygen atoms in total. The number of nitrogen functional groups attached to an aromatic ring is 1. The van der Waals surface area contributed by atoms with E-state index in [4.69, 9.17) is 5.73 Å². The highest BCUT2D eigenvalue weighted by molar-refractivity contribution is 5.42. The highest BCUT2D eigenvalue weighted by atomic mass is 15.3. The Kier molecular flexibility index (Phi) is 4.41. The average molecular weight is 290 g/mol. The number of anilines is 3. The predicted octanol–water partition coefficient (Wildman–Crippen LogP) is 2.29. The molecule has 1 aromatic rings. The van der Waals surface area contributed by atoms with Crippen molar-refractivity contribution in [1.82, 2.24) is 15.0 Å². The van der Waals surface area contributed by atoms with Crippen molar-refractivity contribution in [3.8, 4) is 0 Å². The molecule has 6 heteroatoms. The number of nitrogens with one attached hydrogen (secondary N) is 1. The maximum absolute atomic E-state index is 5.83. The van der Waals surface area contributed by atoms with Crippen LogP contribution >= 0.6 is 0 Å².